The van der Waals surface area contributed by atoms with E-state index in [9.17, 15) is 25.3 Å². The lowest BCUT2D eigenvalue weighted by Crippen LogP contribution is -2.27. The maximum Gasteiger partial charge on any atom is 0.267 e. The van der Waals surface area contributed by atoms with Crippen LogP contribution in [0.15, 0.2) is 0 Å². The Balaban J connectivity index is 4.52. The minimum Gasteiger partial charge on any atom is -0.270 e. The molecule has 1 atom stereocenters. The van der Waals surface area contributed by atoms with E-state index in [0.717, 1.165) is 0 Å². The number of unbranched alkanes of at least 4 members (excludes halogenated alkanes) is 2. The highest BCUT2D eigenvalue weighted by Crippen LogP contribution is 2.13. The third-order valence-electron chi connectivity index (χ3n) is 3.51. The minimum atomic E-state index is -3.76. The second kappa shape index (κ2) is 13.9. The van der Waals surface area contributed by atoms with Crippen LogP contribution in [-0.2, 0) is 42.9 Å². The van der Waals surface area contributed by atoms with Gasteiger partial charge in [0, 0.05) is 0 Å². The van der Waals surface area contributed by atoms with E-state index in [0.29, 0.717) is 38.5 Å². The Morgan fingerprint density at radius 1 is 0.643 bits per heavy atom. The quantitative estimate of drug-likeness (QED) is 0.220. The first-order valence-corrected chi connectivity index (χ1v) is 14.3. The molecule has 0 aliphatic rings. The van der Waals surface area contributed by atoms with E-state index in [4.69, 9.17) is 12.5 Å². The van der Waals surface area contributed by atoms with Gasteiger partial charge in [-0.15, -0.1) is 0 Å². The molecule has 0 fully saturated rings. The maximum absolute atomic E-state index is 11.9. The summed E-state index contributed by atoms with van der Waals surface area (Å²) in [6.45, 7) is 4.83. The van der Waals surface area contributed by atoms with Crippen molar-refractivity contribution < 1.29 is 37.8 Å². The van der Waals surface area contributed by atoms with Gasteiger partial charge in [-0.25, -0.2) is 0 Å². The van der Waals surface area contributed by atoms with Crippen molar-refractivity contribution in [3.05, 3.63) is 0 Å². The summed E-state index contributed by atoms with van der Waals surface area (Å²) >= 11 is 0. The van der Waals surface area contributed by atoms with Crippen molar-refractivity contribution in [3.63, 3.8) is 0 Å². The normalized spacial score (nSPS) is 14.2. The molecule has 0 spiro atoms. The SMILES string of the molecule is CCCS(=O)(=O)OCCCCCC(COS(=O)(=O)CCC)OS(=O)(=O)CCC. The summed E-state index contributed by atoms with van der Waals surface area (Å²) in [6.07, 6.45) is 2.19. The molecule has 0 bridgehead atoms. The predicted molar refractivity (Wildman–Crippen MR) is 107 cm³/mol. The summed E-state index contributed by atoms with van der Waals surface area (Å²) in [7, 11) is -11.0. The molecule has 0 rings (SSSR count). The van der Waals surface area contributed by atoms with Crippen molar-refractivity contribution in [2.75, 3.05) is 30.5 Å². The standard InChI is InChI=1S/C16H34O9S3/c1-4-12-26(17,18)23-11-9-7-8-10-16(25-28(21,22)14-6-3)15-24-27(19,20)13-5-2/h16H,4-15H2,1-3H3. The molecule has 0 N–H and O–H groups in total. The largest absolute Gasteiger partial charge is 0.270 e. The molecular weight excluding hydrogens is 432 g/mol. The second-order valence-electron chi connectivity index (χ2n) is 6.46. The molecule has 0 aromatic rings. The lowest BCUT2D eigenvalue weighted by atomic mass is 10.1. The fourth-order valence-corrected chi connectivity index (χ4v) is 5.43. The summed E-state index contributed by atoms with van der Waals surface area (Å²) in [5.74, 6) is -0.332. The Kier molecular flexibility index (Phi) is 13.7. The highest BCUT2D eigenvalue weighted by atomic mass is 32.2. The van der Waals surface area contributed by atoms with Crippen molar-refractivity contribution in [1.82, 2.24) is 0 Å². The third-order valence-corrected chi connectivity index (χ3v) is 7.82. The van der Waals surface area contributed by atoms with E-state index in [1.807, 2.05) is 0 Å². The monoisotopic (exact) mass is 466 g/mol. The summed E-state index contributed by atoms with van der Waals surface area (Å²) in [5, 5.41) is 0. The first-order valence-electron chi connectivity index (χ1n) is 9.62. The number of hydrogen-bond donors (Lipinski definition) is 0. The summed E-state index contributed by atoms with van der Waals surface area (Å²) < 4.78 is 84.9. The molecule has 0 saturated carbocycles. The van der Waals surface area contributed by atoms with Crippen LogP contribution >= 0.6 is 0 Å². The van der Waals surface area contributed by atoms with E-state index in [-0.39, 0.29) is 36.9 Å². The van der Waals surface area contributed by atoms with E-state index in [2.05, 4.69) is 0 Å². The maximum atomic E-state index is 11.9. The molecule has 0 aromatic carbocycles. The molecule has 0 radical (unpaired) electrons. The molecule has 0 amide bonds. The van der Waals surface area contributed by atoms with Crippen molar-refractivity contribution in [2.45, 2.75) is 71.8 Å². The summed E-state index contributed by atoms with van der Waals surface area (Å²) in [6, 6.07) is 0. The highest BCUT2D eigenvalue weighted by molar-refractivity contribution is 7.87. The van der Waals surface area contributed by atoms with Gasteiger partial charge in [-0.1, -0.05) is 33.6 Å². The van der Waals surface area contributed by atoms with Crippen LogP contribution in [0.25, 0.3) is 0 Å². The van der Waals surface area contributed by atoms with Gasteiger partial charge in [0.2, 0.25) is 0 Å². The lowest BCUT2D eigenvalue weighted by Gasteiger charge is -2.17. The Labute approximate surface area is 170 Å². The smallest absolute Gasteiger partial charge is 0.267 e. The predicted octanol–water partition coefficient (Wildman–Crippen LogP) is 2.18. The van der Waals surface area contributed by atoms with Crippen LogP contribution in [0.1, 0.15) is 65.7 Å². The first kappa shape index (κ1) is 27.7. The van der Waals surface area contributed by atoms with Gasteiger partial charge in [0.25, 0.3) is 30.4 Å². The van der Waals surface area contributed by atoms with Gasteiger partial charge in [0.15, 0.2) is 0 Å². The molecule has 28 heavy (non-hydrogen) atoms. The fraction of sp³-hybridized carbons (Fsp3) is 1.00. The van der Waals surface area contributed by atoms with Gasteiger partial charge in [0.05, 0.1) is 30.5 Å². The van der Waals surface area contributed by atoms with Crippen LogP contribution in [0.2, 0.25) is 0 Å². The number of rotatable bonds is 18. The minimum absolute atomic E-state index is 0.0260. The zero-order valence-electron chi connectivity index (χ0n) is 17.0. The highest BCUT2D eigenvalue weighted by Gasteiger charge is 2.22. The third kappa shape index (κ3) is 14.7. The van der Waals surface area contributed by atoms with Crippen molar-refractivity contribution in [2.24, 2.45) is 0 Å². The topological polar surface area (TPSA) is 130 Å². The van der Waals surface area contributed by atoms with Crippen molar-refractivity contribution in [3.8, 4) is 0 Å². The van der Waals surface area contributed by atoms with E-state index < -0.39 is 36.5 Å². The molecular formula is C16H34O9S3. The molecule has 0 aliphatic heterocycles. The van der Waals surface area contributed by atoms with Crippen LogP contribution in [0.5, 0.6) is 0 Å². The molecule has 0 heterocycles. The van der Waals surface area contributed by atoms with Gasteiger partial charge in [0.1, 0.15) is 6.10 Å². The average Bonchev–Trinajstić information content (AvgIpc) is 2.55. The second-order valence-corrected chi connectivity index (χ2v) is 11.7. The van der Waals surface area contributed by atoms with Crippen LogP contribution < -0.4 is 0 Å². The van der Waals surface area contributed by atoms with E-state index >= 15 is 0 Å². The van der Waals surface area contributed by atoms with Gasteiger partial charge >= 0.3 is 0 Å². The molecule has 170 valence electrons. The fourth-order valence-electron chi connectivity index (χ4n) is 2.30. The molecule has 9 nitrogen and oxygen atoms in total. The van der Waals surface area contributed by atoms with Crippen LogP contribution in [-0.4, -0.2) is 61.8 Å². The molecule has 0 aliphatic carbocycles. The molecule has 0 aromatic heterocycles. The van der Waals surface area contributed by atoms with Crippen molar-refractivity contribution in [1.29, 1.82) is 0 Å². The first-order chi connectivity index (χ1) is 13.0. The van der Waals surface area contributed by atoms with Gasteiger partial charge in [-0.05, 0) is 32.1 Å². The number of hydrogen-bond acceptors (Lipinski definition) is 9. The van der Waals surface area contributed by atoms with Crippen LogP contribution in [0.3, 0.4) is 0 Å². The Bertz CT molecular complexity index is 712. The van der Waals surface area contributed by atoms with Crippen LogP contribution in [0, 0.1) is 0 Å². The zero-order valence-corrected chi connectivity index (χ0v) is 19.4. The van der Waals surface area contributed by atoms with Crippen LogP contribution in [0.4, 0.5) is 0 Å². The average molecular weight is 467 g/mol. The van der Waals surface area contributed by atoms with Crippen molar-refractivity contribution >= 4 is 30.4 Å². The Morgan fingerprint density at radius 3 is 1.68 bits per heavy atom. The summed E-state index contributed by atoms with van der Waals surface area (Å²) in [5.41, 5.74) is 0. The molecule has 0 saturated heterocycles. The molecule has 12 heteroatoms. The van der Waals surface area contributed by atoms with Gasteiger partial charge < -0.3 is 0 Å². The summed E-state index contributed by atoms with van der Waals surface area (Å²) in [4.78, 5) is 0. The lowest BCUT2D eigenvalue weighted by molar-refractivity contribution is 0.127. The van der Waals surface area contributed by atoms with Gasteiger partial charge in [-0.3, -0.25) is 12.5 Å². The Hall–Kier alpha value is -0.270. The zero-order chi connectivity index (χ0) is 21.7. The Morgan fingerprint density at radius 2 is 1.14 bits per heavy atom. The van der Waals surface area contributed by atoms with E-state index in [1.165, 1.54) is 0 Å². The molecule has 1 unspecified atom stereocenters. The van der Waals surface area contributed by atoms with E-state index in [1.54, 1.807) is 20.8 Å². The van der Waals surface area contributed by atoms with Gasteiger partial charge in [-0.2, -0.15) is 25.3 Å².